The van der Waals surface area contributed by atoms with Gasteiger partial charge < -0.3 is 14.2 Å². The largest absolute Gasteiger partial charge is 0.458 e. The number of rotatable bonds is 2. The van der Waals surface area contributed by atoms with Crippen molar-refractivity contribution in [3.05, 3.63) is 23.5 Å². The van der Waals surface area contributed by atoms with Crippen molar-refractivity contribution in [1.29, 1.82) is 0 Å². The normalized spacial score (nSPS) is 44.3. The first-order chi connectivity index (χ1) is 12.6. The molecular weight excluding hydrogens is 344 g/mol. The van der Waals surface area contributed by atoms with Crippen molar-refractivity contribution in [1.82, 2.24) is 0 Å². The lowest BCUT2D eigenvalue weighted by Crippen LogP contribution is -2.56. The first-order valence-corrected chi connectivity index (χ1v) is 10.1. The van der Waals surface area contributed by atoms with Crippen LogP contribution in [0.25, 0.3) is 0 Å². The fourth-order valence-corrected chi connectivity index (χ4v) is 6.52. The Balaban J connectivity index is 1.67. The molecule has 5 heteroatoms. The third-order valence-electron chi connectivity index (χ3n) is 7.61. The molecule has 148 valence electrons. The lowest BCUT2D eigenvalue weighted by Gasteiger charge is -2.59. The second-order valence-electron chi connectivity index (χ2n) is 9.91. The highest BCUT2D eigenvalue weighted by Crippen LogP contribution is 2.66. The minimum Gasteiger partial charge on any atom is -0.458 e. The summed E-state index contributed by atoms with van der Waals surface area (Å²) in [5.74, 6) is -0.132. The summed E-state index contributed by atoms with van der Waals surface area (Å²) in [6.07, 6.45) is 7.81. The topological polar surface area (TPSA) is 61.8 Å². The number of carbonyl (C=O) groups excluding carboxylic acids is 2. The molecule has 2 saturated carbocycles. The van der Waals surface area contributed by atoms with Crippen LogP contribution in [0.5, 0.6) is 0 Å². The second-order valence-corrected chi connectivity index (χ2v) is 9.91. The molecule has 0 N–H and O–H groups in total. The van der Waals surface area contributed by atoms with Crippen LogP contribution in [0.1, 0.15) is 66.7 Å². The number of ether oxygens (including phenoxy) is 3. The van der Waals surface area contributed by atoms with Crippen molar-refractivity contribution in [2.24, 2.45) is 22.7 Å². The third kappa shape index (κ3) is 2.73. The van der Waals surface area contributed by atoms with Crippen molar-refractivity contribution in [2.75, 3.05) is 0 Å². The van der Waals surface area contributed by atoms with E-state index in [1.807, 2.05) is 0 Å². The van der Waals surface area contributed by atoms with E-state index in [4.69, 9.17) is 14.2 Å². The molecule has 2 heterocycles. The zero-order valence-corrected chi connectivity index (χ0v) is 17.0. The van der Waals surface area contributed by atoms with Gasteiger partial charge in [-0.2, -0.15) is 0 Å². The van der Waals surface area contributed by atoms with Gasteiger partial charge in [-0.1, -0.05) is 27.2 Å². The first-order valence-electron chi connectivity index (χ1n) is 10.1. The monoisotopic (exact) mass is 374 g/mol. The van der Waals surface area contributed by atoms with Crippen molar-refractivity contribution >= 4 is 11.9 Å². The number of esters is 2. The molecule has 0 radical (unpaired) electrons. The quantitative estimate of drug-likeness (QED) is 0.410. The number of hydrogen-bond acceptors (Lipinski definition) is 5. The highest BCUT2D eigenvalue weighted by Gasteiger charge is 2.65. The van der Waals surface area contributed by atoms with Gasteiger partial charge in [0.15, 0.2) is 0 Å². The van der Waals surface area contributed by atoms with Gasteiger partial charge in [0.05, 0.1) is 11.8 Å². The number of cyclic esters (lactones) is 1. The predicted molar refractivity (Wildman–Crippen MR) is 99.3 cm³/mol. The minimum absolute atomic E-state index is 0.00185. The van der Waals surface area contributed by atoms with Crippen LogP contribution in [0.15, 0.2) is 23.5 Å². The fraction of sp³-hybridized carbons (Fsp3) is 0.727. The lowest BCUT2D eigenvalue weighted by molar-refractivity contribution is -0.164. The molecule has 2 aliphatic carbocycles. The third-order valence-corrected chi connectivity index (χ3v) is 7.61. The maximum absolute atomic E-state index is 12.8. The molecule has 0 spiro atoms. The molecule has 5 nitrogen and oxygen atoms in total. The Morgan fingerprint density at radius 1 is 1.11 bits per heavy atom. The van der Waals surface area contributed by atoms with Crippen LogP contribution in [0.3, 0.4) is 0 Å². The van der Waals surface area contributed by atoms with Crippen LogP contribution in [-0.4, -0.2) is 23.8 Å². The smallest absolute Gasteiger partial charge is 0.338 e. The van der Waals surface area contributed by atoms with Crippen molar-refractivity contribution in [3.8, 4) is 0 Å². The SMILES string of the molecule is CC1=C[C@H](OC=C2C(=O)O[C@]3(C)CCC4C(C)(C)CCC[C@]4(C)[C@@H]23)OC1=O. The Morgan fingerprint density at radius 2 is 1.85 bits per heavy atom. The summed E-state index contributed by atoms with van der Waals surface area (Å²) in [7, 11) is 0. The zero-order valence-electron chi connectivity index (χ0n) is 17.0. The summed E-state index contributed by atoms with van der Waals surface area (Å²) >= 11 is 0. The zero-order chi connectivity index (χ0) is 19.6. The molecule has 2 aliphatic heterocycles. The summed E-state index contributed by atoms with van der Waals surface area (Å²) in [5.41, 5.74) is 0.886. The molecule has 4 aliphatic rings. The van der Waals surface area contributed by atoms with Crippen LogP contribution in [-0.2, 0) is 23.8 Å². The van der Waals surface area contributed by atoms with Gasteiger partial charge >= 0.3 is 11.9 Å². The highest BCUT2D eigenvalue weighted by molar-refractivity contribution is 5.92. The second kappa shape index (κ2) is 5.86. The molecule has 0 amide bonds. The summed E-state index contributed by atoms with van der Waals surface area (Å²) in [5, 5.41) is 0. The molecule has 0 aromatic rings. The number of fused-ring (bicyclic) bond motifs is 3. The molecule has 4 rings (SSSR count). The van der Waals surface area contributed by atoms with Crippen LogP contribution in [0.4, 0.5) is 0 Å². The highest BCUT2D eigenvalue weighted by atomic mass is 16.7. The van der Waals surface area contributed by atoms with E-state index in [2.05, 4.69) is 27.7 Å². The van der Waals surface area contributed by atoms with Crippen LogP contribution in [0.2, 0.25) is 0 Å². The molecule has 1 unspecified atom stereocenters. The van der Waals surface area contributed by atoms with Crippen molar-refractivity contribution < 1.29 is 23.8 Å². The summed E-state index contributed by atoms with van der Waals surface area (Å²) < 4.78 is 16.7. The van der Waals surface area contributed by atoms with Crippen molar-refractivity contribution in [3.63, 3.8) is 0 Å². The van der Waals surface area contributed by atoms with Crippen molar-refractivity contribution in [2.45, 2.75) is 78.6 Å². The van der Waals surface area contributed by atoms with Gasteiger partial charge in [0, 0.05) is 17.6 Å². The molecular formula is C22H30O5. The van der Waals surface area contributed by atoms with Gasteiger partial charge in [0.1, 0.15) is 5.60 Å². The Bertz CT molecular complexity index is 748. The average molecular weight is 374 g/mol. The van der Waals surface area contributed by atoms with E-state index in [1.54, 1.807) is 13.0 Å². The van der Waals surface area contributed by atoms with E-state index < -0.39 is 11.9 Å². The van der Waals surface area contributed by atoms with E-state index in [0.717, 1.165) is 25.7 Å². The summed E-state index contributed by atoms with van der Waals surface area (Å²) in [6, 6.07) is 0. The van der Waals surface area contributed by atoms with Crippen LogP contribution < -0.4 is 0 Å². The molecule has 3 fully saturated rings. The van der Waals surface area contributed by atoms with Gasteiger partial charge in [-0.25, -0.2) is 9.59 Å². The molecule has 27 heavy (non-hydrogen) atoms. The lowest BCUT2D eigenvalue weighted by atomic mass is 9.45. The first kappa shape index (κ1) is 18.6. The molecule has 0 aromatic carbocycles. The van der Waals surface area contributed by atoms with E-state index in [9.17, 15) is 9.59 Å². The molecule has 5 atom stereocenters. The Hall–Kier alpha value is -1.78. The average Bonchev–Trinajstić information content (AvgIpc) is 3.00. The molecule has 0 bridgehead atoms. The van der Waals surface area contributed by atoms with Gasteiger partial charge in [0.25, 0.3) is 6.29 Å². The van der Waals surface area contributed by atoms with E-state index >= 15 is 0 Å². The van der Waals surface area contributed by atoms with Gasteiger partial charge in [0.2, 0.25) is 0 Å². The minimum atomic E-state index is -0.764. The Labute approximate surface area is 161 Å². The maximum atomic E-state index is 12.8. The molecule has 1 saturated heterocycles. The predicted octanol–water partition coefficient (Wildman–Crippen LogP) is 4.27. The fourth-order valence-electron chi connectivity index (χ4n) is 6.52. The van der Waals surface area contributed by atoms with E-state index in [1.165, 1.54) is 12.7 Å². The Morgan fingerprint density at radius 3 is 2.52 bits per heavy atom. The standard InChI is InChI=1S/C22H30O5/c1-13-11-16(26-18(13)23)25-12-14-17-21(4)9-6-8-20(2,3)15(21)7-10-22(17,5)27-19(14)24/h11-12,15-17H,6-10H2,1-5H3/t15?,16-,17-,21+,22-/m1/s1. The van der Waals surface area contributed by atoms with Gasteiger partial charge in [-0.15, -0.1) is 0 Å². The maximum Gasteiger partial charge on any atom is 0.338 e. The Kier molecular flexibility index (Phi) is 4.03. The summed E-state index contributed by atoms with van der Waals surface area (Å²) in [4.78, 5) is 24.3. The number of carbonyl (C=O) groups is 2. The van der Waals surface area contributed by atoms with E-state index in [0.29, 0.717) is 17.1 Å². The van der Waals surface area contributed by atoms with Crippen LogP contribution >= 0.6 is 0 Å². The molecule has 0 aromatic heterocycles. The van der Waals surface area contributed by atoms with Gasteiger partial charge in [-0.3, -0.25) is 0 Å². The summed E-state index contributed by atoms with van der Waals surface area (Å²) in [6.45, 7) is 10.8. The van der Waals surface area contributed by atoms with Gasteiger partial charge in [-0.05, 0) is 56.3 Å². The number of hydrogen-bond donors (Lipinski definition) is 0. The van der Waals surface area contributed by atoms with Crippen LogP contribution in [0, 0.1) is 22.7 Å². The van der Waals surface area contributed by atoms with E-state index in [-0.39, 0.29) is 28.7 Å².